The van der Waals surface area contributed by atoms with E-state index >= 15 is 0 Å². The fourth-order valence-corrected chi connectivity index (χ4v) is 3.44. The van der Waals surface area contributed by atoms with E-state index in [1.165, 1.54) is 12.8 Å². The molecule has 0 N–H and O–H groups in total. The van der Waals surface area contributed by atoms with Crippen LogP contribution in [0.2, 0.25) is 0 Å². The van der Waals surface area contributed by atoms with Crippen LogP contribution in [-0.2, 0) is 5.41 Å². The van der Waals surface area contributed by atoms with Crippen molar-refractivity contribution in [1.82, 2.24) is 30.3 Å². The summed E-state index contributed by atoms with van der Waals surface area (Å²) >= 11 is 1.57. The first-order chi connectivity index (χ1) is 10.4. The van der Waals surface area contributed by atoms with Crippen LogP contribution in [0.3, 0.4) is 0 Å². The van der Waals surface area contributed by atoms with Gasteiger partial charge in [0, 0.05) is 5.41 Å². The molecule has 22 heavy (non-hydrogen) atoms. The van der Waals surface area contributed by atoms with E-state index in [1.807, 2.05) is 11.6 Å². The van der Waals surface area contributed by atoms with Gasteiger partial charge in [-0.15, -0.1) is 5.10 Å². The summed E-state index contributed by atoms with van der Waals surface area (Å²) in [7, 11) is 0. The second-order valence-corrected chi connectivity index (χ2v) is 8.12. The molecule has 1 aliphatic carbocycles. The fraction of sp³-hybridized carbons (Fsp3) is 0.786. The molecule has 1 unspecified atom stereocenters. The first-order valence-electron chi connectivity index (χ1n) is 7.74. The first-order valence-corrected chi connectivity index (χ1v) is 8.61. The first kappa shape index (κ1) is 15.5. The molecule has 8 heteroatoms. The molecule has 2 heterocycles. The fourth-order valence-electron chi connectivity index (χ4n) is 2.55. The lowest BCUT2D eigenvalue weighted by Crippen LogP contribution is -2.13. The number of nitrogens with zero attached hydrogens (tertiary/aromatic N) is 6. The van der Waals surface area contributed by atoms with Crippen LogP contribution in [0.1, 0.15) is 76.4 Å². The Balaban J connectivity index is 1.73. The lowest BCUT2D eigenvalue weighted by Gasteiger charge is -2.12. The predicted octanol–water partition coefficient (Wildman–Crippen LogP) is 3.32. The second kappa shape index (κ2) is 5.98. The van der Waals surface area contributed by atoms with Gasteiger partial charge < -0.3 is 4.52 Å². The summed E-state index contributed by atoms with van der Waals surface area (Å²) in [6.45, 7) is 8.25. The number of hydrogen-bond donors (Lipinski definition) is 0. The molecular formula is C14H22N6OS. The van der Waals surface area contributed by atoms with Crippen LogP contribution in [-0.4, -0.2) is 30.3 Å². The van der Waals surface area contributed by atoms with Gasteiger partial charge in [0.1, 0.15) is 0 Å². The minimum Gasteiger partial charge on any atom is -0.338 e. The molecule has 2 aromatic heterocycles. The van der Waals surface area contributed by atoms with Crippen LogP contribution in [0, 0.1) is 0 Å². The lowest BCUT2D eigenvalue weighted by molar-refractivity contribution is 0.364. The normalized spacial score (nSPS) is 18.0. The maximum atomic E-state index is 5.41. The zero-order valence-electron chi connectivity index (χ0n) is 13.5. The van der Waals surface area contributed by atoms with Crippen LogP contribution in [0.4, 0.5) is 0 Å². The summed E-state index contributed by atoms with van der Waals surface area (Å²) < 4.78 is 7.36. The molecule has 0 spiro atoms. The van der Waals surface area contributed by atoms with E-state index in [4.69, 9.17) is 4.52 Å². The molecule has 2 aromatic rings. The van der Waals surface area contributed by atoms with Crippen molar-refractivity contribution >= 4 is 11.8 Å². The van der Waals surface area contributed by atoms with Gasteiger partial charge in [-0.05, 0) is 30.2 Å². The molecule has 3 rings (SSSR count). The number of thioether (sulfide) groups is 1. The van der Waals surface area contributed by atoms with Crippen molar-refractivity contribution in [2.24, 2.45) is 0 Å². The molecule has 0 aliphatic heterocycles. The zero-order valence-corrected chi connectivity index (χ0v) is 14.3. The number of aromatic nitrogens is 6. The van der Waals surface area contributed by atoms with Gasteiger partial charge in [0.05, 0.1) is 11.3 Å². The quantitative estimate of drug-likeness (QED) is 0.798. The number of hydrogen-bond acceptors (Lipinski definition) is 7. The Labute approximate surface area is 134 Å². The highest BCUT2D eigenvalue weighted by molar-refractivity contribution is 7.99. The van der Waals surface area contributed by atoms with Crippen LogP contribution in [0.5, 0.6) is 0 Å². The molecule has 0 radical (unpaired) electrons. The van der Waals surface area contributed by atoms with Gasteiger partial charge in [0.15, 0.2) is 5.82 Å². The predicted molar refractivity (Wildman–Crippen MR) is 82.6 cm³/mol. The molecule has 0 bridgehead atoms. The minimum absolute atomic E-state index is 0.0229. The third-order valence-electron chi connectivity index (χ3n) is 3.88. The smallest absolute Gasteiger partial charge is 0.239 e. The van der Waals surface area contributed by atoms with Crippen molar-refractivity contribution in [2.45, 2.75) is 75.2 Å². The average Bonchev–Trinajstić information content (AvgIpc) is 3.19. The van der Waals surface area contributed by atoms with Crippen molar-refractivity contribution in [3.63, 3.8) is 0 Å². The molecule has 1 fully saturated rings. The van der Waals surface area contributed by atoms with Crippen molar-refractivity contribution < 1.29 is 4.52 Å². The monoisotopic (exact) mass is 322 g/mol. The highest BCUT2D eigenvalue weighted by atomic mass is 32.2. The molecular weight excluding hydrogens is 300 g/mol. The zero-order chi connectivity index (χ0) is 15.7. The van der Waals surface area contributed by atoms with E-state index in [2.05, 4.69) is 46.4 Å². The van der Waals surface area contributed by atoms with Crippen molar-refractivity contribution in [2.75, 3.05) is 0 Å². The standard InChI is InChI=1S/C14H22N6OS/c1-9(11-15-12(17-21-11)14(2,3)4)22-13-16-18-19-20(13)10-7-5-6-8-10/h9-10H,5-8H2,1-4H3. The third-order valence-corrected chi connectivity index (χ3v) is 4.91. The summed E-state index contributed by atoms with van der Waals surface area (Å²) in [4.78, 5) is 4.51. The molecule has 120 valence electrons. The van der Waals surface area contributed by atoms with Crippen LogP contribution >= 0.6 is 11.8 Å². The van der Waals surface area contributed by atoms with Gasteiger partial charge in [-0.1, -0.05) is 50.5 Å². The topological polar surface area (TPSA) is 82.5 Å². The molecule has 1 atom stereocenters. The van der Waals surface area contributed by atoms with Gasteiger partial charge in [-0.2, -0.15) is 4.98 Å². The lowest BCUT2D eigenvalue weighted by atomic mass is 9.96. The number of rotatable bonds is 4. The van der Waals surface area contributed by atoms with Crippen molar-refractivity contribution in [1.29, 1.82) is 0 Å². The molecule has 0 aromatic carbocycles. The Kier molecular flexibility index (Phi) is 4.20. The van der Waals surface area contributed by atoms with E-state index in [1.54, 1.807) is 11.8 Å². The van der Waals surface area contributed by atoms with Gasteiger partial charge in [0.2, 0.25) is 11.0 Å². The molecule has 1 saturated carbocycles. The van der Waals surface area contributed by atoms with Crippen LogP contribution in [0.15, 0.2) is 9.68 Å². The van der Waals surface area contributed by atoms with Gasteiger partial charge in [-0.3, -0.25) is 0 Å². The second-order valence-electron chi connectivity index (χ2n) is 6.81. The van der Waals surface area contributed by atoms with Gasteiger partial charge in [0.25, 0.3) is 0 Å². The van der Waals surface area contributed by atoms with E-state index in [0.717, 1.165) is 23.8 Å². The molecule has 1 aliphatic rings. The van der Waals surface area contributed by atoms with Crippen molar-refractivity contribution in [3.05, 3.63) is 11.7 Å². The Morgan fingerprint density at radius 1 is 1.27 bits per heavy atom. The summed E-state index contributed by atoms with van der Waals surface area (Å²) in [5, 5.41) is 17.1. The summed E-state index contributed by atoms with van der Waals surface area (Å²) in [6, 6.07) is 0.428. The minimum atomic E-state index is -0.114. The average molecular weight is 322 g/mol. The van der Waals surface area contributed by atoms with Crippen LogP contribution in [0.25, 0.3) is 0 Å². The highest BCUT2D eigenvalue weighted by Gasteiger charge is 2.26. The largest absolute Gasteiger partial charge is 0.338 e. The van der Waals surface area contributed by atoms with E-state index in [0.29, 0.717) is 11.9 Å². The maximum absolute atomic E-state index is 5.41. The Morgan fingerprint density at radius 2 is 2.00 bits per heavy atom. The van der Waals surface area contributed by atoms with Crippen molar-refractivity contribution in [3.8, 4) is 0 Å². The summed E-state index contributed by atoms with van der Waals surface area (Å²) in [5.41, 5.74) is -0.114. The molecule has 7 nitrogen and oxygen atoms in total. The van der Waals surface area contributed by atoms with Gasteiger partial charge >= 0.3 is 0 Å². The Bertz CT molecular complexity index is 625. The summed E-state index contributed by atoms with van der Waals surface area (Å²) in [6.07, 6.45) is 4.81. The Hall–Kier alpha value is -1.44. The van der Waals surface area contributed by atoms with E-state index < -0.39 is 0 Å². The third kappa shape index (κ3) is 3.16. The van der Waals surface area contributed by atoms with Gasteiger partial charge in [-0.25, -0.2) is 4.68 Å². The summed E-state index contributed by atoms with van der Waals surface area (Å²) in [5.74, 6) is 1.35. The number of tetrazole rings is 1. The molecule has 0 saturated heterocycles. The maximum Gasteiger partial charge on any atom is 0.239 e. The van der Waals surface area contributed by atoms with Crippen LogP contribution < -0.4 is 0 Å². The SMILES string of the molecule is CC(Sc1nnnn1C1CCCC1)c1nc(C(C)(C)C)no1. The highest BCUT2D eigenvalue weighted by Crippen LogP contribution is 2.37. The van der Waals surface area contributed by atoms with E-state index in [9.17, 15) is 0 Å². The Morgan fingerprint density at radius 3 is 2.64 bits per heavy atom. The van der Waals surface area contributed by atoms with E-state index in [-0.39, 0.29) is 10.7 Å². The molecule has 0 amide bonds.